The Kier molecular flexibility index (Phi) is 7.30. The lowest BCUT2D eigenvalue weighted by atomic mass is 9.45. The van der Waals surface area contributed by atoms with E-state index in [0.29, 0.717) is 11.8 Å². The van der Waals surface area contributed by atoms with Crippen LogP contribution in [0.2, 0.25) is 0 Å². The van der Waals surface area contributed by atoms with E-state index < -0.39 is 48.8 Å². The Hall–Kier alpha value is -0.580. The Labute approximate surface area is 202 Å². The Morgan fingerprint density at radius 2 is 1.76 bits per heavy atom. The molecule has 1 saturated heterocycles. The SMILES string of the molecule is CC1(C)C[C@@H](O)C[C@@]2(C)[C@@H]3CC[C@](C)(C(O)CO[C@@H]4O[C@H](CO)[C@@H](O)[C@H](O)[C@H]4O)CC3=CC[C@H]12. The minimum atomic E-state index is -1.50. The van der Waals surface area contributed by atoms with Crippen molar-refractivity contribution in [3.8, 4) is 0 Å². The van der Waals surface area contributed by atoms with Crippen LogP contribution in [0.1, 0.15) is 66.2 Å². The summed E-state index contributed by atoms with van der Waals surface area (Å²) in [5.41, 5.74) is 1.09. The molecule has 4 rings (SSSR count). The normalized spacial score (nSPS) is 49.5. The Bertz CT molecular complexity index is 768. The summed E-state index contributed by atoms with van der Waals surface area (Å²) >= 11 is 0. The first-order valence-corrected chi connectivity index (χ1v) is 12.8. The van der Waals surface area contributed by atoms with E-state index in [4.69, 9.17) is 9.47 Å². The number of aliphatic hydroxyl groups excluding tert-OH is 6. The number of allylic oxidation sites excluding steroid dienone is 2. The summed E-state index contributed by atoms with van der Waals surface area (Å²) in [4.78, 5) is 0. The molecule has 0 aromatic heterocycles. The van der Waals surface area contributed by atoms with Crippen LogP contribution in [-0.4, -0.2) is 86.8 Å². The molecule has 8 heteroatoms. The van der Waals surface area contributed by atoms with Crippen molar-refractivity contribution in [1.29, 1.82) is 0 Å². The quantitative estimate of drug-likeness (QED) is 0.319. The second-order valence-corrected chi connectivity index (χ2v) is 12.6. The molecule has 1 aliphatic heterocycles. The first-order valence-electron chi connectivity index (χ1n) is 12.8. The van der Waals surface area contributed by atoms with Gasteiger partial charge in [-0.3, -0.25) is 0 Å². The first-order chi connectivity index (χ1) is 15.8. The largest absolute Gasteiger partial charge is 0.394 e. The van der Waals surface area contributed by atoms with Crippen molar-refractivity contribution in [2.45, 2.75) is 109 Å². The van der Waals surface area contributed by atoms with E-state index >= 15 is 0 Å². The molecule has 2 saturated carbocycles. The number of fused-ring (bicyclic) bond motifs is 3. The molecule has 6 N–H and O–H groups in total. The minimum Gasteiger partial charge on any atom is -0.394 e. The highest BCUT2D eigenvalue weighted by atomic mass is 16.7. The summed E-state index contributed by atoms with van der Waals surface area (Å²) in [5, 5.41) is 61.3. The summed E-state index contributed by atoms with van der Waals surface area (Å²) in [5.74, 6) is 0.924. The van der Waals surface area contributed by atoms with Crippen LogP contribution < -0.4 is 0 Å². The zero-order valence-corrected chi connectivity index (χ0v) is 20.9. The van der Waals surface area contributed by atoms with Crippen molar-refractivity contribution < 1.29 is 40.1 Å². The summed E-state index contributed by atoms with van der Waals surface area (Å²) < 4.78 is 11.1. The van der Waals surface area contributed by atoms with Crippen LogP contribution in [0.4, 0.5) is 0 Å². The van der Waals surface area contributed by atoms with Gasteiger partial charge in [0.2, 0.25) is 0 Å². The maximum Gasteiger partial charge on any atom is 0.186 e. The summed E-state index contributed by atoms with van der Waals surface area (Å²) in [7, 11) is 0. The van der Waals surface area contributed by atoms with Gasteiger partial charge < -0.3 is 40.1 Å². The molecule has 3 aliphatic carbocycles. The van der Waals surface area contributed by atoms with E-state index in [2.05, 4.69) is 33.8 Å². The second-order valence-electron chi connectivity index (χ2n) is 12.6. The lowest BCUT2D eigenvalue weighted by molar-refractivity contribution is -0.306. The molecule has 0 bridgehead atoms. The molecule has 1 unspecified atom stereocenters. The van der Waals surface area contributed by atoms with Crippen LogP contribution in [-0.2, 0) is 9.47 Å². The summed E-state index contributed by atoms with van der Waals surface area (Å²) in [6, 6.07) is 0. The standard InChI is InChI=1S/C26H44O8/c1-24(2)10-15(28)11-26(4)16-7-8-25(3,9-14(16)5-6-18(24)26)19(29)13-33-23-22(32)21(31)20(30)17(12-27)34-23/h5,15-23,27-32H,6-13H2,1-4H3/t15-,16-,17-,18-,19?,20-,21+,22-,23-,25+,26+/m1/s1. The molecule has 0 spiro atoms. The fourth-order valence-electron chi connectivity index (χ4n) is 7.79. The highest BCUT2D eigenvalue weighted by Gasteiger charge is 2.57. The van der Waals surface area contributed by atoms with E-state index in [1.807, 2.05) is 0 Å². The van der Waals surface area contributed by atoms with Crippen LogP contribution in [0.25, 0.3) is 0 Å². The number of ether oxygens (including phenoxy) is 2. The molecule has 11 atom stereocenters. The Morgan fingerprint density at radius 1 is 1.06 bits per heavy atom. The topological polar surface area (TPSA) is 140 Å². The van der Waals surface area contributed by atoms with Gasteiger partial charge in [-0.25, -0.2) is 0 Å². The van der Waals surface area contributed by atoms with Gasteiger partial charge in [-0.05, 0) is 66.6 Å². The van der Waals surface area contributed by atoms with Gasteiger partial charge >= 0.3 is 0 Å². The monoisotopic (exact) mass is 484 g/mol. The third-order valence-corrected chi connectivity index (χ3v) is 9.72. The smallest absolute Gasteiger partial charge is 0.186 e. The zero-order chi connectivity index (χ0) is 25.1. The number of rotatable bonds is 5. The van der Waals surface area contributed by atoms with Gasteiger partial charge in [-0.15, -0.1) is 0 Å². The minimum absolute atomic E-state index is 0.0460. The molecule has 0 aromatic carbocycles. The average Bonchev–Trinajstić information content (AvgIpc) is 2.75. The molecule has 3 fully saturated rings. The predicted molar refractivity (Wildman–Crippen MR) is 124 cm³/mol. The van der Waals surface area contributed by atoms with Crippen molar-refractivity contribution in [2.75, 3.05) is 13.2 Å². The first kappa shape index (κ1) is 26.5. The molecule has 196 valence electrons. The van der Waals surface area contributed by atoms with Crippen LogP contribution in [0, 0.1) is 28.1 Å². The van der Waals surface area contributed by atoms with Gasteiger partial charge in [0.15, 0.2) is 6.29 Å². The van der Waals surface area contributed by atoms with E-state index in [9.17, 15) is 30.6 Å². The van der Waals surface area contributed by atoms with Gasteiger partial charge in [0.05, 0.1) is 25.4 Å². The highest BCUT2D eigenvalue weighted by molar-refractivity contribution is 5.24. The molecule has 0 amide bonds. The lowest BCUT2D eigenvalue weighted by Gasteiger charge is -2.60. The van der Waals surface area contributed by atoms with Gasteiger partial charge in [0.1, 0.15) is 24.4 Å². The number of aliphatic hydroxyl groups is 6. The van der Waals surface area contributed by atoms with E-state index in [1.54, 1.807) is 0 Å². The fraction of sp³-hybridized carbons (Fsp3) is 0.923. The summed E-state index contributed by atoms with van der Waals surface area (Å²) in [6.07, 6.45) is -0.272. The third-order valence-electron chi connectivity index (χ3n) is 9.72. The van der Waals surface area contributed by atoms with E-state index in [-0.39, 0.29) is 23.5 Å². The maximum absolute atomic E-state index is 11.1. The van der Waals surface area contributed by atoms with Crippen LogP contribution in [0.3, 0.4) is 0 Å². The average molecular weight is 485 g/mol. The predicted octanol–water partition coefficient (Wildman–Crippen LogP) is 1.10. The van der Waals surface area contributed by atoms with Crippen molar-refractivity contribution in [2.24, 2.45) is 28.1 Å². The highest BCUT2D eigenvalue weighted by Crippen LogP contribution is 2.63. The van der Waals surface area contributed by atoms with Crippen LogP contribution in [0.5, 0.6) is 0 Å². The molecule has 8 nitrogen and oxygen atoms in total. The maximum atomic E-state index is 11.1. The Morgan fingerprint density at radius 3 is 2.44 bits per heavy atom. The number of hydrogen-bond donors (Lipinski definition) is 6. The van der Waals surface area contributed by atoms with Gasteiger partial charge in [-0.2, -0.15) is 0 Å². The van der Waals surface area contributed by atoms with E-state index in [0.717, 1.165) is 38.5 Å². The van der Waals surface area contributed by atoms with Crippen LogP contribution >= 0.6 is 0 Å². The zero-order valence-electron chi connectivity index (χ0n) is 20.9. The van der Waals surface area contributed by atoms with Crippen LogP contribution in [0.15, 0.2) is 11.6 Å². The summed E-state index contributed by atoms with van der Waals surface area (Å²) in [6.45, 7) is 8.35. The van der Waals surface area contributed by atoms with Crippen molar-refractivity contribution in [3.63, 3.8) is 0 Å². The van der Waals surface area contributed by atoms with Crippen molar-refractivity contribution in [1.82, 2.24) is 0 Å². The Balaban J connectivity index is 1.42. The fourth-order valence-corrected chi connectivity index (χ4v) is 7.79. The van der Waals surface area contributed by atoms with Gasteiger partial charge in [0, 0.05) is 0 Å². The number of hydrogen-bond acceptors (Lipinski definition) is 8. The van der Waals surface area contributed by atoms with Gasteiger partial charge in [-0.1, -0.05) is 39.3 Å². The molecule has 1 heterocycles. The third kappa shape index (κ3) is 4.50. The van der Waals surface area contributed by atoms with E-state index in [1.165, 1.54) is 5.57 Å². The molecular weight excluding hydrogens is 440 g/mol. The molecule has 0 aromatic rings. The van der Waals surface area contributed by atoms with Crippen molar-refractivity contribution >= 4 is 0 Å². The van der Waals surface area contributed by atoms with Crippen molar-refractivity contribution in [3.05, 3.63) is 11.6 Å². The molecule has 34 heavy (non-hydrogen) atoms. The second kappa shape index (κ2) is 9.38. The molecular formula is C26H44O8. The van der Waals surface area contributed by atoms with Gasteiger partial charge in [0.25, 0.3) is 0 Å². The lowest BCUT2D eigenvalue weighted by Crippen LogP contribution is -2.59. The molecule has 0 radical (unpaired) electrons. The molecule has 4 aliphatic rings.